The van der Waals surface area contributed by atoms with Gasteiger partial charge in [-0.15, -0.1) is 0 Å². The van der Waals surface area contributed by atoms with Gasteiger partial charge in [-0.1, -0.05) is 394 Å². The maximum Gasteiger partial charge on any atom is 0.220 e. The Morgan fingerprint density at radius 1 is 0.349 bits per heavy atom. The van der Waals surface area contributed by atoms with E-state index in [1.807, 2.05) is 6.08 Å². The zero-order valence-corrected chi connectivity index (χ0v) is 68.2. The van der Waals surface area contributed by atoms with E-state index in [9.17, 15) is 45.6 Å². The lowest BCUT2D eigenvalue weighted by Crippen LogP contribution is -2.65. The van der Waals surface area contributed by atoms with Crippen molar-refractivity contribution in [3.63, 3.8) is 0 Å². The van der Waals surface area contributed by atoms with Gasteiger partial charge in [0, 0.05) is 6.42 Å². The van der Waals surface area contributed by atoms with Crippen molar-refractivity contribution in [3.8, 4) is 0 Å². The molecule has 0 aromatic carbocycles. The standard InChI is InChI=1S/C92H167NO13/c1-3-5-7-9-11-13-15-17-19-21-23-25-27-29-31-33-35-36-37-38-39-40-41-42-43-44-46-48-50-52-54-56-58-60-62-64-66-68-70-72-74-76-84(97)93-80(79-103-91-89(102)87(100)90(83(78-95)105-91)106-92-88(101)86(99)85(98)82(77-94)104-92)81(96)75-73-71-69-67-65-63-61-59-57-55-53-51-49-47-45-34-32-30-28-26-24-22-20-18-16-14-12-10-8-6-4-2/h5,7,11,13,17,19,23,25,57,59,65,67,73,75,80-83,85-92,94-96,98-102H,3-4,6,8-10,12,14-16,18,20-22,24,26-56,58,60-64,66,68-72,74,76-79H2,1-2H3,(H,93,97)/b7-5-,13-11-,19-17-,25-23-,59-57+,67-65+,75-73+. The Labute approximate surface area is 650 Å². The normalized spacial score (nSPS) is 21.7. The molecule has 0 saturated carbocycles. The molecule has 1 amide bonds. The van der Waals surface area contributed by atoms with Crippen LogP contribution >= 0.6 is 0 Å². The van der Waals surface area contributed by atoms with Crippen LogP contribution in [0, 0.1) is 0 Å². The Kier molecular flexibility index (Phi) is 70.1. The lowest BCUT2D eigenvalue weighted by Gasteiger charge is -2.46. The van der Waals surface area contributed by atoms with Crippen LogP contribution in [0.2, 0.25) is 0 Å². The van der Waals surface area contributed by atoms with Crippen molar-refractivity contribution in [2.24, 2.45) is 0 Å². The van der Waals surface area contributed by atoms with Crippen LogP contribution in [0.15, 0.2) is 85.1 Å². The molecule has 12 unspecified atom stereocenters. The molecule has 0 aromatic heterocycles. The first-order valence-electron chi connectivity index (χ1n) is 44.8. The number of ether oxygens (including phenoxy) is 4. The second-order valence-electron chi connectivity index (χ2n) is 31.3. The molecule has 2 saturated heterocycles. The average Bonchev–Trinajstić information content (AvgIpc) is 0.790. The minimum absolute atomic E-state index is 0.246. The fraction of sp³-hybridized carbons (Fsp3) is 0.837. The SMILES string of the molecule is CC/C=C\C/C=C\C/C=C\C/C=C\CCCCCCCCCCCCCCCCCCCCCCCCCCCCCCC(=O)NC(COC1OC(CO)C(OC2OC(CO)C(O)C(O)C2O)C(O)C1O)C(O)/C=C/CC/C=C/CC/C=C/CCCCCCCCCCCCCCCCCCCCCCC. The van der Waals surface area contributed by atoms with E-state index in [2.05, 4.69) is 92.1 Å². The van der Waals surface area contributed by atoms with Gasteiger partial charge in [0.25, 0.3) is 0 Å². The molecule has 0 bridgehead atoms. The molecule has 12 atom stereocenters. The number of hydrogen-bond donors (Lipinski definition) is 9. The number of carbonyl (C=O) groups is 1. The highest BCUT2D eigenvalue weighted by molar-refractivity contribution is 5.76. The van der Waals surface area contributed by atoms with E-state index in [4.69, 9.17) is 18.9 Å². The van der Waals surface area contributed by atoms with Crippen LogP contribution < -0.4 is 5.32 Å². The molecule has 0 aromatic rings. The zero-order valence-electron chi connectivity index (χ0n) is 68.2. The molecular formula is C92H167NO13. The summed E-state index contributed by atoms with van der Waals surface area (Å²) < 4.78 is 22.9. The van der Waals surface area contributed by atoms with E-state index < -0.39 is 86.8 Å². The van der Waals surface area contributed by atoms with Gasteiger partial charge in [-0.3, -0.25) is 4.79 Å². The topological polar surface area (TPSA) is 228 Å². The monoisotopic (exact) mass is 1490 g/mol. The highest BCUT2D eigenvalue weighted by atomic mass is 16.7. The van der Waals surface area contributed by atoms with Gasteiger partial charge in [-0.25, -0.2) is 0 Å². The minimum Gasteiger partial charge on any atom is -0.394 e. The molecule has 14 heteroatoms. The molecule has 0 radical (unpaired) electrons. The Balaban J connectivity index is 1.57. The quantitative estimate of drug-likeness (QED) is 0.0204. The van der Waals surface area contributed by atoms with E-state index >= 15 is 0 Å². The second-order valence-corrected chi connectivity index (χ2v) is 31.3. The molecule has 618 valence electrons. The largest absolute Gasteiger partial charge is 0.394 e. The Morgan fingerprint density at radius 2 is 0.660 bits per heavy atom. The van der Waals surface area contributed by atoms with Crippen molar-refractivity contribution in [1.29, 1.82) is 0 Å². The van der Waals surface area contributed by atoms with Crippen LogP contribution in [0.1, 0.15) is 399 Å². The smallest absolute Gasteiger partial charge is 0.220 e. The number of allylic oxidation sites excluding steroid dienone is 13. The summed E-state index contributed by atoms with van der Waals surface area (Å²) in [6.45, 7) is 2.72. The van der Waals surface area contributed by atoms with Gasteiger partial charge in [0.2, 0.25) is 5.91 Å². The molecule has 106 heavy (non-hydrogen) atoms. The summed E-state index contributed by atoms with van der Waals surface area (Å²) >= 11 is 0. The van der Waals surface area contributed by atoms with Crippen LogP contribution in [0.5, 0.6) is 0 Å². The van der Waals surface area contributed by atoms with Crippen molar-refractivity contribution in [3.05, 3.63) is 85.1 Å². The first-order valence-corrected chi connectivity index (χ1v) is 44.8. The highest BCUT2D eigenvalue weighted by Gasteiger charge is 2.51. The first-order chi connectivity index (χ1) is 52.1. The van der Waals surface area contributed by atoms with Crippen molar-refractivity contribution in [2.75, 3.05) is 19.8 Å². The summed E-state index contributed by atoms with van der Waals surface area (Å²) in [4.78, 5) is 13.4. The highest BCUT2D eigenvalue weighted by Crippen LogP contribution is 2.31. The Hall–Kier alpha value is -2.83. The minimum atomic E-state index is -1.80. The number of hydrogen-bond acceptors (Lipinski definition) is 13. The summed E-state index contributed by atoms with van der Waals surface area (Å²) in [5.41, 5.74) is 0. The van der Waals surface area contributed by atoms with Crippen LogP contribution in [0.25, 0.3) is 0 Å². The number of aliphatic hydroxyl groups excluding tert-OH is 8. The second kappa shape index (κ2) is 74.9. The summed E-state index contributed by atoms with van der Waals surface area (Å²) in [5.74, 6) is -0.246. The molecule has 2 aliphatic rings. The number of unbranched alkanes of at least 4 members (excludes halogenated alkanes) is 51. The Bertz CT molecular complexity index is 2110. The van der Waals surface area contributed by atoms with Gasteiger partial charge in [0.1, 0.15) is 48.8 Å². The third kappa shape index (κ3) is 56.4. The van der Waals surface area contributed by atoms with Crippen molar-refractivity contribution in [1.82, 2.24) is 5.32 Å². The summed E-state index contributed by atoms with van der Waals surface area (Å²) in [5, 5.41) is 87.8. The summed E-state index contributed by atoms with van der Waals surface area (Å²) in [6, 6.07) is -0.942. The van der Waals surface area contributed by atoms with Crippen LogP contribution in [0.3, 0.4) is 0 Å². The fourth-order valence-electron chi connectivity index (χ4n) is 14.6. The number of carbonyl (C=O) groups excluding carboxylic acids is 1. The maximum atomic E-state index is 13.4. The van der Waals surface area contributed by atoms with Gasteiger partial charge < -0.3 is 65.1 Å². The Morgan fingerprint density at radius 3 is 1.04 bits per heavy atom. The maximum absolute atomic E-state index is 13.4. The first kappa shape index (κ1) is 99.2. The lowest BCUT2D eigenvalue weighted by molar-refractivity contribution is -0.359. The zero-order chi connectivity index (χ0) is 76.5. The van der Waals surface area contributed by atoms with Crippen molar-refractivity contribution < 1.29 is 64.6 Å². The predicted octanol–water partition coefficient (Wildman–Crippen LogP) is 21.8. The number of nitrogens with one attached hydrogen (secondary N) is 1. The molecule has 2 rings (SSSR count). The molecule has 2 fully saturated rings. The van der Waals surface area contributed by atoms with E-state index in [0.29, 0.717) is 12.8 Å². The van der Waals surface area contributed by atoms with Crippen LogP contribution in [-0.4, -0.2) is 140 Å². The molecular weight excluding hydrogens is 1330 g/mol. The number of aliphatic hydroxyl groups is 8. The molecule has 2 heterocycles. The van der Waals surface area contributed by atoms with Crippen molar-refractivity contribution >= 4 is 5.91 Å². The summed E-state index contributed by atoms with van der Waals surface area (Å²) in [7, 11) is 0. The third-order valence-corrected chi connectivity index (χ3v) is 21.5. The average molecular weight is 1500 g/mol. The van der Waals surface area contributed by atoms with Gasteiger partial charge in [0.05, 0.1) is 32.0 Å². The van der Waals surface area contributed by atoms with E-state index in [1.54, 1.807) is 6.08 Å². The number of amides is 1. The van der Waals surface area contributed by atoms with Gasteiger partial charge in [-0.2, -0.15) is 0 Å². The molecule has 2 aliphatic heterocycles. The molecule has 0 spiro atoms. The molecule has 9 N–H and O–H groups in total. The predicted molar refractivity (Wildman–Crippen MR) is 443 cm³/mol. The van der Waals surface area contributed by atoms with Crippen LogP contribution in [-0.2, 0) is 23.7 Å². The fourth-order valence-corrected chi connectivity index (χ4v) is 14.6. The van der Waals surface area contributed by atoms with Gasteiger partial charge in [0.15, 0.2) is 12.6 Å². The van der Waals surface area contributed by atoms with Crippen LogP contribution in [0.4, 0.5) is 0 Å². The summed E-state index contributed by atoms with van der Waals surface area (Å²) in [6.07, 6.45) is 90.0. The lowest BCUT2D eigenvalue weighted by atomic mass is 9.97. The molecule has 14 nitrogen and oxygen atoms in total. The van der Waals surface area contributed by atoms with Gasteiger partial charge >= 0.3 is 0 Å². The van der Waals surface area contributed by atoms with E-state index in [-0.39, 0.29) is 18.9 Å². The van der Waals surface area contributed by atoms with Crippen molar-refractivity contribution in [2.45, 2.75) is 473 Å². The number of rotatable bonds is 76. The van der Waals surface area contributed by atoms with E-state index in [0.717, 1.165) is 70.6 Å². The molecule has 0 aliphatic carbocycles. The van der Waals surface area contributed by atoms with Gasteiger partial charge in [-0.05, 0) is 83.5 Å². The van der Waals surface area contributed by atoms with E-state index in [1.165, 1.54) is 295 Å². The third-order valence-electron chi connectivity index (χ3n) is 21.5.